The quantitative estimate of drug-likeness (QED) is 0.814. The number of benzene rings is 1. The van der Waals surface area contributed by atoms with Crippen molar-refractivity contribution in [1.82, 2.24) is 4.72 Å². The summed E-state index contributed by atoms with van der Waals surface area (Å²) in [6.07, 6.45) is 1.63. The molecule has 0 aliphatic rings. The zero-order valence-corrected chi connectivity index (χ0v) is 11.6. The van der Waals surface area contributed by atoms with E-state index >= 15 is 0 Å². The van der Waals surface area contributed by atoms with Crippen LogP contribution < -0.4 is 4.72 Å². The second-order valence-electron chi connectivity index (χ2n) is 3.77. The highest BCUT2D eigenvalue weighted by molar-refractivity contribution is 7.89. The molecule has 5 nitrogen and oxygen atoms in total. The van der Waals surface area contributed by atoms with Crippen LogP contribution in [0.3, 0.4) is 0 Å². The van der Waals surface area contributed by atoms with Gasteiger partial charge in [0, 0.05) is 13.0 Å². The van der Waals surface area contributed by atoms with E-state index in [-0.39, 0.29) is 16.5 Å². The molecule has 0 fully saturated rings. The standard InChI is InChI=1S/C12H12ClN3O2S/c13-11-8-10(9-15)4-5-12(11)19(17,18)16-7-3-1-2-6-14/h4-5,8,16H,1-3,7H2. The Morgan fingerprint density at radius 1 is 1.26 bits per heavy atom. The molecule has 0 spiro atoms. The summed E-state index contributed by atoms with van der Waals surface area (Å²) in [5, 5.41) is 17.1. The Balaban J connectivity index is 2.73. The number of rotatable bonds is 6. The van der Waals surface area contributed by atoms with Crippen LogP contribution in [-0.2, 0) is 10.0 Å². The smallest absolute Gasteiger partial charge is 0.211 e. The Morgan fingerprint density at radius 2 is 2.00 bits per heavy atom. The van der Waals surface area contributed by atoms with Gasteiger partial charge in [-0.05, 0) is 31.0 Å². The molecule has 0 aliphatic heterocycles. The lowest BCUT2D eigenvalue weighted by atomic mass is 10.2. The molecular formula is C12H12ClN3O2S. The third-order valence-electron chi connectivity index (χ3n) is 2.36. The zero-order chi connectivity index (χ0) is 14.3. The van der Waals surface area contributed by atoms with Gasteiger partial charge in [-0.1, -0.05) is 11.6 Å². The maximum absolute atomic E-state index is 11.9. The molecule has 7 heteroatoms. The first-order chi connectivity index (χ1) is 9.01. The number of nitrogens with one attached hydrogen (secondary N) is 1. The van der Waals surface area contributed by atoms with Crippen molar-refractivity contribution in [3.05, 3.63) is 28.8 Å². The lowest BCUT2D eigenvalue weighted by Crippen LogP contribution is -2.25. The van der Waals surface area contributed by atoms with Crippen molar-refractivity contribution in [2.24, 2.45) is 0 Å². The predicted molar refractivity (Wildman–Crippen MR) is 70.8 cm³/mol. The fourth-order valence-corrected chi connectivity index (χ4v) is 3.02. The maximum Gasteiger partial charge on any atom is 0.242 e. The molecule has 0 amide bonds. The average Bonchev–Trinajstić information content (AvgIpc) is 2.37. The molecule has 0 aliphatic carbocycles. The molecular weight excluding hydrogens is 286 g/mol. The third kappa shape index (κ3) is 4.53. The van der Waals surface area contributed by atoms with E-state index in [2.05, 4.69) is 4.72 Å². The van der Waals surface area contributed by atoms with Gasteiger partial charge in [-0.3, -0.25) is 0 Å². The van der Waals surface area contributed by atoms with E-state index in [0.29, 0.717) is 24.8 Å². The Morgan fingerprint density at radius 3 is 2.58 bits per heavy atom. The molecule has 1 aromatic carbocycles. The van der Waals surface area contributed by atoms with Gasteiger partial charge in [-0.2, -0.15) is 10.5 Å². The zero-order valence-electron chi connectivity index (χ0n) is 10.1. The monoisotopic (exact) mass is 297 g/mol. The van der Waals surface area contributed by atoms with E-state index in [9.17, 15) is 8.42 Å². The third-order valence-corrected chi connectivity index (χ3v) is 4.30. The SMILES string of the molecule is N#CCCCCNS(=O)(=O)c1ccc(C#N)cc1Cl. The number of sulfonamides is 1. The van der Waals surface area contributed by atoms with Gasteiger partial charge < -0.3 is 0 Å². The Kier molecular flexibility index (Phi) is 5.78. The molecule has 0 saturated heterocycles. The summed E-state index contributed by atoms with van der Waals surface area (Å²) in [5.74, 6) is 0. The molecule has 0 aromatic heterocycles. The van der Waals surface area contributed by atoms with E-state index in [0.717, 1.165) is 0 Å². The number of hydrogen-bond donors (Lipinski definition) is 1. The van der Waals surface area contributed by atoms with Crippen molar-refractivity contribution in [1.29, 1.82) is 10.5 Å². The summed E-state index contributed by atoms with van der Waals surface area (Å²) < 4.78 is 26.3. The van der Waals surface area contributed by atoms with Crippen molar-refractivity contribution in [2.75, 3.05) is 6.54 Å². The van der Waals surface area contributed by atoms with Crippen LogP contribution in [0.4, 0.5) is 0 Å². The highest BCUT2D eigenvalue weighted by atomic mass is 35.5. The second-order valence-corrected chi connectivity index (χ2v) is 5.91. The summed E-state index contributed by atoms with van der Waals surface area (Å²) in [4.78, 5) is -0.0477. The van der Waals surface area contributed by atoms with Crippen molar-refractivity contribution >= 4 is 21.6 Å². The molecule has 19 heavy (non-hydrogen) atoms. The minimum Gasteiger partial charge on any atom is -0.211 e. The van der Waals surface area contributed by atoms with Gasteiger partial charge in [-0.15, -0.1) is 0 Å². The van der Waals surface area contributed by atoms with Gasteiger partial charge in [0.25, 0.3) is 0 Å². The maximum atomic E-state index is 11.9. The Labute approximate surface area is 117 Å². The fourth-order valence-electron chi connectivity index (χ4n) is 1.40. The van der Waals surface area contributed by atoms with Gasteiger partial charge in [0.05, 0.1) is 22.7 Å². The highest BCUT2D eigenvalue weighted by Gasteiger charge is 2.17. The molecule has 1 aromatic rings. The normalized spacial score (nSPS) is 10.7. The lowest BCUT2D eigenvalue weighted by Gasteiger charge is -2.08. The first kappa shape index (κ1) is 15.5. The highest BCUT2D eigenvalue weighted by Crippen LogP contribution is 2.22. The fraction of sp³-hybridized carbons (Fsp3) is 0.333. The van der Waals surface area contributed by atoms with Crippen LogP contribution in [-0.4, -0.2) is 15.0 Å². The van der Waals surface area contributed by atoms with Crippen LogP contribution in [0.15, 0.2) is 23.1 Å². The van der Waals surface area contributed by atoms with Crippen molar-refractivity contribution < 1.29 is 8.42 Å². The van der Waals surface area contributed by atoms with Crippen LogP contribution in [0.2, 0.25) is 5.02 Å². The topological polar surface area (TPSA) is 93.8 Å². The van der Waals surface area contributed by atoms with Crippen LogP contribution >= 0.6 is 11.6 Å². The second kappa shape index (κ2) is 7.10. The number of halogens is 1. The Hall–Kier alpha value is -1.60. The van der Waals surface area contributed by atoms with E-state index in [1.165, 1.54) is 18.2 Å². The molecule has 0 atom stereocenters. The molecule has 0 unspecified atom stereocenters. The van der Waals surface area contributed by atoms with Gasteiger partial charge in [0.2, 0.25) is 10.0 Å². The summed E-state index contributed by atoms with van der Waals surface area (Å²) >= 11 is 5.84. The minimum atomic E-state index is -3.68. The van der Waals surface area contributed by atoms with Crippen LogP contribution in [0.25, 0.3) is 0 Å². The van der Waals surface area contributed by atoms with Crippen molar-refractivity contribution in [2.45, 2.75) is 24.2 Å². The molecule has 1 N–H and O–H groups in total. The largest absolute Gasteiger partial charge is 0.242 e. The molecule has 0 heterocycles. The first-order valence-electron chi connectivity index (χ1n) is 5.57. The molecule has 0 radical (unpaired) electrons. The average molecular weight is 298 g/mol. The van der Waals surface area contributed by atoms with E-state index in [1.807, 2.05) is 12.1 Å². The van der Waals surface area contributed by atoms with E-state index in [1.54, 1.807) is 0 Å². The minimum absolute atomic E-state index is 0.0172. The van der Waals surface area contributed by atoms with Crippen molar-refractivity contribution in [3.8, 4) is 12.1 Å². The van der Waals surface area contributed by atoms with Gasteiger partial charge >= 0.3 is 0 Å². The number of nitriles is 2. The van der Waals surface area contributed by atoms with E-state index in [4.69, 9.17) is 22.1 Å². The summed E-state index contributed by atoms with van der Waals surface area (Å²) in [6, 6.07) is 7.89. The number of hydrogen-bond acceptors (Lipinski definition) is 4. The van der Waals surface area contributed by atoms with Gasteiger partial charge in [0.15, 0.2) is 0 Å². The number of unbranched alkanes of at least 4 members (excludes halogenated alkanes) is 2. The molecule has 0 saturated carbocycles. The lowest BCUT2D eigenvalue weighted by molar-refractivity contribution is 0.577. The summed E-state index contributed by atoms with van der Waals surface area (Å²) in [7, 11) is -3.68. The van der Waals surface area contributed by atoms with Crippen molar-refractivity contribution in [3.63, 3.8) is 0 Å². The predicted octanol–water partition coefficient (Wildman–Crippen LogP) is 2.18. The first-order valence-corrected chi connectivity index (χ1v) is 7.43. The summed E-state index contributed by atoms with van der Waals surface area (Å²) in [5.41, 5.74) is 0.304. The summed E-state index contributed by atoms with van der Waals surface area (Å²) in [6.45, 7) is 0.250. The van der Waals surface area contributed by atoms with Crippen LogP contribution in [0.1, 0.15) is 24.8 Å². The van der Waals surface area contributed by atoms with E-state index < -0.39 is 10.0 Å². The van der Waals surface area contributed by atoms with Gasteiger partial charge in [-0.25, -0.2) is 13.1 Å². The molecule has 100 valence electrons. The molecule has 0 bridgehead atoms. The molecule has 1 rings (SSSR count). The van der Waals surface area contributed by atoms with Crippen LogP contribution in [0.5, 0.6) is 0 Å². The Bertz CT molecular complexity index is 629. The van der Waals surface area contributed by atoms with Crippen LogP contribution in [0, 0.1) is 22.7 Å². The number of nitrogens with zero attached hydrogens (tertiary/aromatic N) is 2. The van der Waals surface area contributed by atoms with Gasteiger partial charge in [0.1, 0.15) is 4.90 Å².